The molecular formula is C32H41NO4Si. The molecule has 3 aromatic carbocycles. The van der Waals surface area contributed by atoms with Gasteiger partial charge in [-0.1, -0.05) is 133 Å². The summed E-state index contributed by atoms with van der Waals surface area (Å²) in [4.78, 5) is 26.8. The Morgan fingerprint density at radius 2 is 1.16 bits per heavy atom. The molecule has 0 bridgehead atoms. The van der Waals surface area contributed by atoms with E-state index in [4.69, 9.17) is 9.16 Å². The predicted molar refractivity (Wildman–Crippen MR) is 155 cm³/mol. The number of ether oxygens (including phenoxy) is 1. The Kier molecular flexibility index (Phi) is 9.55. The van der Waals surface area contributed by atoms with Crippen LogP contribution in [0.5, 0.6) is 0 Å². The topological polar surface area (TPSA) is 64.6 Å². The normalized spacial score (nSPS) is 12.9. The van der Waals surface area contributed by atoms with Crippen molar-refractivity contribution in [3.05, 3.63) is 108 Å². The SMILES string of the molecule is CC(C)(C)[Si](Cc1ccccc1)(OC(=O)[C@H](Cc1ccccc1)NC(=O)OCc1ccccc1)C(C)(C)C. The Morgan fingerprint density at radius 3 is 1.63 bits per heavy atom. The lowest BCUT2D eigenvalue weighted by atomic mass is 10.1. The predicted octanol–water partition coefficient (Wildman–Crippen LogP) is 7.39. The Labute approximate surface area is 228 Å². The first-order chi connectivity index (χ1) is 17.9. The van der Waals surface area contributed by atoms with Gasteiger partial charge in [0.05, 0.1) is 0 Å². The average molecular weight is 532 g/mol. The second-order valence-corrected chi connectivity index (χ2v) is 17.1. The summed E-state index contributed by atoms with van der Waals surface area (Å²) in [6.07, 6.45) is -0.335. The molecule has 1 atom stereocenters. The van der Waals surface area contributed by atoms with Crippen LogP contribution in [0.4, 0.5) is 4.79 Å². The van der Waals surface area contributed by atoms with Gasteiger partial charge in [-0.3, -0.25) is 4.79 Å². The lowest BCUT2D eigenvalue weighted by Crippen LogP contribution is -2.60. The first-order valence-electron chi connectivity index (χ1n) is 13.2. The van der Waals surface area contributed by atoms with E-state index in [9.17, 15) is 9.59 Å². The number of nitrogens with one attached hydrogen (secondary N) is 1. The van der Waals surface area contributed by atoms with Crippen LogP contribution in [0.15, 0.2) is 91.0 Å². The van der Waals surface area contributed by atoms with Crippen molar-refractivity contribution in [2.75, 3.05) is 0 Å². The highest BCUT2D eigenvalue weighted by Gasteiger charge is 2.58. The summed E-state index contributed by atoms with van der Waals surface area (Å²) in [7, 11) is -2.85. The molecule has 0 spiro atoms. The maximum atomic E-state index is 14.0. The summed E-state index contributed by atoms with van der Waals surface area (Å²) < 4.78 is 12.2. The van der Waals surface area contributed by atoms with Crippen LogP contribution >= 0.6 is 0 Å². The number of alkyl carbamates (subject to hydrolysis) is 1. The lowest BCUT2D eigenvalue weighted by molar-refractivity contribution is -0.138. The van der Waals surface area contributed by atoms with E-state index in [0.29, 0.717) is 12.5 Å². The van der Waals surface area contributed by atoms with Crippen LogP contribution < -0.4 is 5.32 Å². The largest absolute Gasteiger partial charge is 0.516 e. The molecular weight excluding hydrogens is 490 g/mol. The minimum Gasteiger partial charge on any atom is -0.516 e. The summed E-state index contributed by atoms with van der Waals surface area (Å²) in [6, 6.07) is 29.1. The first kappa shape index (κ1) is 29.2. The number of carbonyl (C=O) groups is 2. The minimum atomic E-state index is -2.85. The number of carbonyl (C=O) groups excluding carboxylic acids is 2. The highest BCUT2D eigenvalue weighted by atomic mass is 28.4. The third kappa shape index (κ3) is 7.57. The number of benzene rings is 3. The van der Waals surface area contributed by atoms with Crippen molar-refractivity contribution in [1.82, 2.24) is 5.32 Å². The smallest absolute Gasteiger partial charge is 0.408 e. The van der Waals surface area contributed by atoms with Gasteiger partial charge in [0.15, 0.2) is 0 Å². The lowest BCUT2D eigenvalue weighted by Gasteiger charge is -2.50. The molecule has 0 aliphatic heterocycles. The van der Waals surface area contributed by atoms with Gasteiger partial charge in [0, 0.05) is 12.5 Å². The highest BCUT2D eigenvalue weighted by molar-refractivity contribution is 6.80. The molecule has 3 rings (SSSR count). The van der Waals surface area contributed by atoms with Crippen molar-refractivity contribution in [1.29, 1.82) is 0 Å². The van der Waals surface area contributed by atoms with Gasteiger partial charge in [0.25, 0.3) is 8.32 Å². The van der Waals surface area contributed by atoms with Gasteiger partial charge < -0.3 is 14.5 Å². The molecule has 0 heterocycles. The molecule has 0 saturated heterocycles. The first-order valence-corrected chi connectivity index (χ1v) is 15.3. The van der Waals surface area contributed by atoms with Crippen LogP contribution in [-0.4, -0.2) is 26.4 Å². The standard InChI is InChI=1S/C32H41NO4Si/c1-31(2,3)38(32(4,5)6,24-27-20-14-9-15-21-27)37-29(34)28(22-25-16-10-7-11-17-25)33-30(35)36-23-26-18-12-8-13-19-26/h7-21,28H,22-24H2,1-6H3,(H,33,35)/t28-/m0/s1. The van der Waals surface area contributed by atoms with E-state index in [1.54, 1.807) is 0 Å². The molecule has 38 heavy (non-hydrogen) atoms. The summed E-state index contributed by atoms with van der Waals surface area (Å²) in [5, 5.41) is 2.29. The van der Waals surface area contributed by atoms with Crippen LogP contribution in [0.3, 0.4) is 0 Å². The van der Waals surface area contributed by atoms with Crippen molar-refractivity contribution in [2.45, 2.75) is 76.7 Å². The number of hydrogen-bond acceptors (Lipinski definition) is 4. The third-order valence-corrected chi connectivity index (χ3v) is 13.4. The molecule has 1 amide bonds. The van der Waals surface area contributed by atoms with Crippen molar-refractivity contribution in [2.24, 2.45) is 0 Å². The molecule has 0 unspecified atom stereocenters. The molecule has 202 valence electrons. The maximum Gasteiger partial charge on any atom is 0.408 e. The number of amides is 1. The van der Waals surface area contributed by atoms with E-state index in [2.05, 4.69) is 59.0 Å². The zero-order valence-corrected chi connectivity index (χ0v) is 24.5. The van der Waals surface area contributed by atoms with Crippen LogP contribution in [0.2, 0.25) is 10.1 Å². The van der Waals surface area contributed by atoms with Gasteiger partial charge in [-0.2, -0.15) is 0 Å². The van der Waals surface area contributed by atoms with Gasteiger partial charge >= 0.3 is 12.1 Å². The zero-order chi connectivity index (χ0) is 27.8. The second kappa shape index (κ2) is 12.4. The Morgan fingerprint density at radius 1 is 0.711 bits per heavy atom. The van der Waals surface area contributed by atoms with Crippen LogP contribution in [-0.2, 0) is 33.0 Å². The van der Waals surface area contributed by atoms with Gasteiger partial charge in [0.2, 0.25) is 0 Å². The molecule has 0 aliphatic rings. The van der Waals surface area contributed by atoms with Crippen LogP contribution in [0.25, 0.3) is 0 Å². The van der Waals surface area contributed by atoms with Crippen molar-refractivity contribution >= 4 is 20.4 Å². The van der Waals surface area contributed by atoms with E-state index < -0.39 is 26.4 Å². The fourth-order valence-corrected chi connectivity index (χ4v) is 10.4. The van der Waals surface area contributed by atoms with E-state index in [0.717, 1.165) is 16.7 Å². The highest BCUT2D eigenvalue weighted by Crippen LogP contribution is 2.53. The molecule has 5 nitrogen and oxygen atoms in total. The van der Waals surface area contributed by atoms with Gasteiger partial charge in [-0.15, -0.1) is 0 Å². The summed E-state index contributed by atoms with van der Waals surface area (Å²) in [6.45, 7) is 13.1. The third-order valence-electron chi connectivity index (χ3n) is 7.07. The number of hydrogen-bond donors (Lipinski definition) is 1. The molecule has 1 N–H and O–H groups in total. The van der Waals surface area contributed by atoms with Crippen molar-refractivity contribution < 1.29 is 18.8 Å². The average Bonchev–Trinajstić information content (AvgIpc) is 2.87. The molecule has 3 aromatic rings. The van der Waals surface area contributed by atoms with Crippen molar-refractivity contribution in [3.8, 4) is 0 Å². The monoisotopic (exact) mass is 531 g/mol. The molecule has 6 heteroatoms. The van der Waals surface area contributed by atoms with Crippen LogP contribution in [0, 0.1) is 0 Å². The zero-order valence-electron chi connectivity index (χ0n) is 23.5. The summed E-state index contributed by atoms with van der Waals surface area (Å²) in [5.74, 6) is -0.419. The summed E-state index contributed by atoms with van der Waals surface area (Å²) in [5.41, 5.74) is 2.95. The van der Waals surface area contributed by atoms with E-state index in [1.807, 2.05) is 78.9 Å². The molecule has 0 aromatic heterocycles. The van der Waals surface area contributed by atoms with Crippen molar-refractivity contribution in [3.63, 3.8) is 0 Å². The number of rotatable bonds is 9. The minimum absolute atomic E-state index is 0.121. The van der Waals surface area contributed by atoms with Gasteiger partial charge in [-0.05, 0) is 26.8 Å². The van der Waals surface area contributed by atoms with E-state index in [-0.39, 0.29) is 16.7 Å². The van der Waals surface area contributed by atoms with E-state index >= 15 is 0 Å². The molecule has 0 fully saturated rings. The summed E-state index contributed by atoms with van der Waals surface area (Å²) >= 11 is 0. The molecule has 0 aliphatic carbocycles. The van der Waals surface area contributed by atoms with Gasteiger partial charge in [-0.25, -0.2) is 4.79 Å². The fourth-order valence-electron chi connectivity index (χ4n) is 5.07. The van der Waals surface area contributed by atoms with E-state index in [1.165, 1.54) is 0 Å². The fraction of sp³-hybridized carbons (Fsp3) is 0.375. The Balaban J connectivity index is 1.89. The maximum absolute atomic E-state index is 14.0. The van der Waals surface area contributed by atoms with Crippen LogP contribution in [0.1, 0.15) is 58.2 Å². The Hall–Kier alpha value is -3.38. The second-order valence-electron chi connectivity index (χ2n) is 11.9. The molecule has 0 radical (unpaired) electrons. The van der Waals surface area contributed by atoms with Gasteiger partial charge in [0.1, 0.15) is 12.6 Å². The molecule has 0 saturated carbocycles. The quantitative estimate of drug-likeness (QED) is 0.292. The Bertz CT molecular complexity index is 1150.